The van der Waals surface area contributed by atoms with E-state index in [1.54, 1.807) is 6.07 Å². The highest BCUT2D eigenvalue weighted by atomic mass is 32.2. The van der Waals surface area contributed by atoms with E-state index in [4.69, 9.17) is 22.8 Å². The Bertz CT molecular complexity index is 2120. The minimum Gasteiger partial charge on any atom is -0.497 e. The molecule has 59 heavy (non-hydrogen) atoms. The molecule has 0 N–H and O–H groups in total. The number of hydrogen-bond acceptors (Lipinski definition) is 11. The predicted octanol–water partition coefficient (Wildman–Crippen LogP) is 10.7. The van der Waals surface area contributed by atoms with Crippen molar-refractivity contribution in [2.45, 2.75) is 175 Å². The standard InChI is InChI=1S/C44H67N3O10SSi/c1-17-36-37(57-59(15,16)44(11,12)13)23-38(55-36)46-24-30(25-54-40(43(8,9)10)34-22-31(53-14)18-19-35(34)47(49)50)41(45-42(46)48)56-58(51,52)39-32(27(4)5)20-29(26(2)3)21-33(39)28(6)7/h18-22,24,26-28,36-38,40H,17,23,25H2,1-16H3/t36-,37?,38-,40-/m1/s1. The number of benzene rings is 2. The van der Waals surface area contributed by atoms with E-state index in [-0.39, 0.29) is 63.3 Å². The molecule has 1 aliphatic heterocycles. The van der Waals surface area contributed by atoms with Crippen LogP contribution in [0.25, 0.3) is 0 Å². The van der Waals surface area contributed by atoms with Gasteiger partial charge in [0, 0.05) is 18.7 Å². The summed E-state index contributed by atoms with van der Waals surface area (Å²) in [5.41, 5.74) is 0.952. The highest BCUT2D eigenvalue weighted by Gasteiger charge is 2.45. The van der Waals surface area contributed by atoms with Crippen LogP contribution in [0.3, 0.4) is 0 Å². The van der Waals surface area contributed by atoms with Crippen molar-refractivity contribution in [2.75, 3.05) is 7.11 Å². The topological polar surface area (TPSA) is 158 Å². The van der Waals surface area contributed by atoms with Crippen LogP contribution in [0.4, 0.5) is 5.69 Å². The van der Waals surface area contributed by atoms with Crippen molar-refractivity contribution < 1.29 is 36.2 Å². The molecule has 0 saturated carbocycles. The largest absolute Gasteiger partial charge is 0.497 e. The smallest absolute Gasteiger partial charge is 0.353 e. The summed E-state index contributed by atoms with van der Waals surface area (Å²) in [5, 5.41) is 12.2. The van der Waals surface area contributed by atoms with Crippen molar-refractivity contribution in [3.8, 4) is 11.6 Å². The minimum atomic E-state index is -4.60. The van der Waals surface area contributed by atoms with Crippen LogP contribution in [0.15, 0.2) is 46.2 Å². The maximum absolute atomic E-state index is 14.6. The molecule has 3 aromatic rings. The van der Waals surface area contributed by atoms with Crippen LogP contribution >= 0.6 is 0 Å². The van der Waals surface area contributed by atoms with Gasteiger partial charge < -0.3 is 22.8 Å². The quantitative estimate of drug-likeness (QED) is 0.0584. The van der Waals surface area contributed by atoms with Gasteiger partial charge in [0.1, 0.15) is 16.9 Å². The molecular weight excluding hydrogens is 791 g/mol. The molecule has 1 aliphatic rings. The Kier molecular flexibility index (Phi) is 14.8. The van der Waals surface area contributed by atoms with Crippen molar-refractivity contribution in [3.63, 3.8) is 0 Å². The fraction of sp³-hybridized carbons (Fsp3) is 0.636. The van der Waals surface area contributed by atoms with Gasteiger partial charge in [0.2, 0.25) is 5.88 Å². The lowest BCUT2D eigenvalue weighted by molar-refractivity contribution is -0.386. The van der Waals surface area contributed by atoms with E-state index in [2.05, 4.69) is 52.7 Å². The van der Waals surface area contributed by atoms with E-state index < -0.39 is 52.7 Å². The lowest BCUT2D eigenvalue weighted by Gasteiger charge is -2.39. The number of hydrogen-bond donors (Lipinski definition) is 0. The van der Waals surface area contributed by atoms with Crippen LogP contribution in [0.2, 0.25) is 18.1 Å². The summed E-state index contributed by atoms with van der Waals surface area (Å²) in [5.74, 6) is -0.258. The van der Waals surface area contributed by atoms with Crippen molar-refractivity contribution in [1.82, 2.24) is 9.55 Å². The van der Waals surface area contributed by atoms with E-state index in [0.717, 1.165) is 5.56 Å². The van der Waals surface area contributed by atoms with Gasteiger partial charge in [-0.05, 0) is 76.5 Å². The molecule has 2 aromatic carbocycles. The number of nitrogens with zero attached hydrogens (tertiary/aromatic N) is 3. The fourth-order valence-electron chi connectivity index (χ4n) is 7.12. The Balaban J connectivity index is 1.91. The number of ether oxygens (including phenoxy) is 3. The second kappa shape index (κ2) is 18.1. The van der Waals surface area contributed by atoms with Gasteiger partial charge in [-0.1, -0.05) is 102 Å². The molecule has 1 aromatic heterocycles. The molecule has 4 atom stereocenters. The Morgan fingerprint density at radius 3 is 2.03 bits per heavy atom. The molecule has 0 spiro atoms. The highest BCUT2D eigenvalue weighted by molar-refractivity contribution is 7.87. The van der Waals surface area contributed by atoms with Gasteiger partial charge in [0.25, 0.3) is 5.69 Å². The van der Waals surface area contributed by atoms with Crippen LogP contribution < -0.4 is 14.6 Å². The molecule has 2 heterocycles. The summed E-state index contributed by atoms with van der Waals surface area (Å²) < 4.78 is 61.9. The second-order valence-electron chi connectivity index (χ2n) is 19.2. The van der Waals surface area contributed by atoms with E-state index in [0.29, 0.717) is 29.7 Å². The van der Waals surface area contributed by atoms with Crippen LogP contribution in [-0.2, 0) is 30.6 Å². The zero-order valence-electron chi connectivity index (χ0n) is 38.0. The lowest BCUT2D eigenvalue weighted by Crippen LogP contribution is -2.45. The third kappa shape index (κ3) is 10.8. The zero-order valence-corrected chi connectivity index (χ0v) is 39.8. The fourth-order valence-corrected chi connectivity index (χ4v) is 10.1. The minimum absolute atomic E-state index is 0.0415. The second-order valence-corrected chi connectivity index (χ2v) is 25.5. The average Bonchev–Trinajstić information content (AvgIpc) is 3.51. The van der Waals surface area contributed by atoms with Gasteiger partial charge in [-0.3, -0.25) is 14.7 Å². The molecule has 0 aliphatic carbocycles. The van der Waals surface area contributed by atoms with Gasteiger partial charge in [0.05, 0.1) is 48.1 Å². The number of nitro groups is 1. The summed E-state index contributed by atoms with van der Waals surface area (Å²) in [6.07, 6.45) is 0.219. The molecule has 4 rings (SSSR count). The predicted molar refractivity (Wildman–Crippen MR) is 233 cm³/mol. The molecule has 0 bridgehead atoms. The monoisotopic (exact) mass is 857 g/mol. The molecule has 1 unspecified atom stereocenters. The van der Waals surface area contributed by atoms with Crippen LogP contribution in [0.5, 0.6) is 11.6 Å². The molecule has 1 fully saturated rings. The first-order valence-corrected chi connectivity index (χ1v) is 25.0. The maximum Gasteiger partial charge on any atom is 0.353 e. The van der Waals surface area contributed by atoms with Crippen LogP contribution in [0.1, 0.15) is 161 Å². The highest BCUT2D eigenvalue weighted by Crippen LogP contribution is 2.44. The first-order valence-electron chi connectivity index (χ1n) is 20.6. The SMILES string of the molecule is CC[C@H]1O[C@@H](n2cc(CO[C@H](c3cc(OC)ccc3[N+](=O)[O-])C(C)(C)C)c(OS(=O)(=O)c3c(C(C)C)cc(C(C)C)cc3C(C)C)nc2=O)CC1O[Si](C)(C)C(C)(C)C. The van der Waals surface area contributed by atoms with Gasteiger partial charge >= 0.3 is 15.8 Å². The molecule has 15 heteroatoms. The van der Waals surface area contributed by atoms with Crippen molar-refractivity contribution >= 4 is 24.1 Å². The van der Waals surface area contributed by atoms with Crippen LogP contribution in [0, 0.1) is 15.5 Å². The Labute approximate surface area is 352 Å². The van der Waals surface area contributed by atoms with E-state index in [1.807, 2.05) is 67.5 Å². The third-order valence-electron chi connectivity index (χ3n) is 11.6. The molecule has 1 saturated heterocycles. The summed E-state index contributed by atoms with van der Waals surface area (Å²) in [6.45, 7) is 30.0. The molecular formula is C44H67N3O10SSi. The van der Waals surface area contributed by atoms with Crippen molar-refractivity contribution in [1.29, 1.82) is 0 Å². The van der Waals surface area contributed by atoms with E-state index in [9.17, 15) is 23.3 Å². The zero-order chi connectivity index (χ0) is 44.6. The molecule has 328 valence electrons. The van der Waals surface area contributed by atoms with Crippen LogP contribution in [-0.4, -0.2) is 50.5 Å². The maximum atomic E-state index is 14.6. The Morgan fingerprint density at radius 2 is 1.56 bits per heavy atom. The average molecular weight is 858 g/mol. The Morgan fingerprint density at radius 1 is 0.966 bits per heavy atom. The molecule has 0 radical (unpaired) electrons. The summed E-state index contributed by atoms with van der Waals surface area (Å²) in [7, 11) is -5.36. The van der Waals surface area contributed by atoms with Gasteiger partial charge in [-0.15, -0.1) is 0 Å². The normalized spacial score (nSPS) is 18.5. The van der Waals surface area contributed by atoms with E-state index >= 15 is 0 Å². The summed E-state index contributed by atoms with van der Waals surface area (Å²) >= 11 is 0. The lowest BCUT2D eigenvalue weighted by atomic mass is 9.83. The number of nitro benzene ring substituents is 1. The number of rotatable bonds is 16. The molecule has 0 amide bonds. The Hall–Kier alpha value is -3.63. The van der Waals surface area contributed by atoms with Gasteiger partial charge in [-0.25, -0.2) is 4.79 Å². The number of methoxy groups -OCH3 is 1. The van der Waals surface area contributed by atoms with E-state index in [1.165, 1.54) is 30.0 Å². The first kappa shape index (κ1) is 48.0. The first-order chi connectivity index (χ1) is 27.1. The summed E-state index contributed by atoms with van der Waals surface area (Å²) in [4.78, 5) is 30.2. The number of aromatic nitrogens is 2. The van der Waals surface area contributed by atoms with Gasteiger partial charge in [-0.2, -0.15) is 13.4 Å². The molecule has 13 nitrogen and oxygen atoms in total. The third-order valence-corrected chi connectivity index (χ3v) is 17.4. The van der Waals surface area contributed by atoms with Crippen molar-refractivity contribution in [2.24, 2.45) is 5.41 Å². The van der Waals surface area contributed by atoms with Crippen molar-refractivity contribution in [3.05, 3.63) is 84.9 Å². The van der Waals surface area contributed by atoms with Gasteiger partial charge in [0.15, 0.2) is 8.32 Å². The summed E-state index contributed by atoms with van der Waals surface area (Å²) in [6, 6.07) is 8.26.